The molecule has 0 radical (unpaired) electrons. The number of amidine groups is 1. The molecule has 3 N–H and O–H groups in total. The van der Waals surface area contributed by atoms with Crippen LogP contribution < -0.4 is 5.73 Å². The lowest BCUT2D eigenvalue weighted by atomic mass is 10.2. The summed E-state index contributed by atoms with van der Waals surface area (Å²) in [7, 11) is 0. The molecule has 0 bridgehead atoms. The molecule has 0 saturated heterocycles. The summed E-state index contributed by atoms with van der Waals surface area (Å²) in [5.74, 6) is 0.0713. The highest BCUT2D eigenvalue weighted by Crippen LogP contribution is 2.17. The molecular weight excluding hydrogens is 260 g/mol. The predicted octanol–water partition coefficient (Wildman–Crippen LogP) is 2.10. The van der Waals surface area contributed by atoms with Crippen LogP contribution in [0.2, 0.25) is 0 Å². The fourth-order valence-corrected chi connectivity index (χ4v) is 1.40. The molecule has 0 fully saturated rings. The molecular formula is C10H13BrN2O2. The van der Waals surface area contributed by atoms with E-state index in [1.165, 1.54) is 0 Å². The highest BCUT2D eigenvalue weighted by atomic mass is 79.9. The summed E-state index contributed by atoms with van der Waals surface area (Å²) in [6, 6.07) is 7.74. The van der Waals surface area contributed by atoms with Crippen molar-refractivity contribution in [3.63, 3.8) is 0 Å². The second-order valence-electron chi connectivity index (χ2n) is 3.07. The van der Waals surface area contributed by atoms with Crippen molar-refractivity contribution in [1.82, 2.24) is 0 Å². The molecule has 1 atom stereocenters. The number of benzene rings is 1. The summed E-state index contributed by atoms with van der Waals surface area (Å²) in [5.41, 5.74) is 6.41. The number of hydrogen-bond donors (Lipinski definition) is 2. The fourth-order valence-electron chi connectivity index (χ4n) is 0.997. The van der Waals surface area contributed by atoms with Gasteiger partial charge in [-0.1, -0.05) is 39.3 Å². The van der Waals surface area contributed by atoms with E-state index < -0.39 is 6.10 Å². The van der Waals surface area contributed by atoms with Crippen molar-refractivity contribution in [2.75, 3.05) is 0 Å². The standard InChI is InChI=1S/C10H13BrN2O2/c1-7(10(12)13-14)15-6-8-4-2-3-5-9(8)11/h2-5,7,14H,6H2,1H3,(H2,12,13). The van der Waals surface area contributed by atoms with E-state index in [0.29, 0.717) is 6.61 Å². The lowest BCUT2D eigenvalue weighted by molar-refractivity contribution is 0.0924. The molecule has 0 aliphatic rings. The van der Waals surface area contributed by atoms with Crippen LogP contribution in [0.5, 0.6) is 0 Å². The Labute approximate surface area is 96.9 Å². The fraction of sp³-hybridized carbons (Fsp3) is 0.300. The second kappa shape index (κ2) is 5.72. The van der Waals surface area contributed by atoms with Crippen molar-refractivity contribution < 1.29 is 9.94 Å². The van der Waals surface area contributed by atoms with Crippen molar-refractivity contribution in [2.24, 2.45) is 10.9 Å². The summed E-state index contributed by atoms with van der Waals surface area (Å²) < 4.78 is 6.40. The van der Waals surface area contributed by atoms with E-state index in [1.54, 1.807) is 6.92 Å². The zero-order valence-corrected chi connectivity index (χ0v) is 9.94. The van der Waals surface area contributed by atoms with Gasteiger partial charge in [-0.2, -0.15) is 0 Å². The number of rotatable bonds is 4. The van der Waals surface area contributed by atoms with Gasteiger partial charge in [-0.3, -0.25) is 0 Å². The Morgan fingerprint density at radius 3 is 2.87 bits per heavy atom. The monoisotopic (exact) mass is 272 g/mol. The Kier molecular flexibility index (Phi) is 4.58. The largest absolute Gasteiger partial charge is 0.409 e. The summed E-state index contributed by atoms with van der Waals surface area (Å²) >= 11 is 3.41. The minimum atomic E-state index is -0.401. The Morgan fingerprint density at radius 2 is 2.27 bits per heavy atom. The molecule has 4 nitrogen and oxygen atoms in total. The van der Waals surface area contributed by atoms with Gasteiger partial charge in [0.2, 0.25) is 0 Å². The first-order chi connectivity index (χ1) is 7.15. The number of oxime groups is 1. The van der Waals surface area contributed by atoms with Gasteiger partial charge in [-0.15, -0.1) is 0 Å². The third kappa shape index (κ3) is 3.53. The Morgan fingerprint density at radius 1 is 1.60 bits per heavy atom. The Hall–Kier alpha value is -1.07. The molecule has 0 saturated carbocycles. The van der Waals surface area contributed by atoms with Gasteiger partial charge < -0.3 is 15.7 Å². The highest BCUT2D eigenvalue weighted by Gasteiger charge is 2.08. The highest BCUT2D eigenvalue weighted by molar-refractivity contribution is 9.10. The van der Waals surface area contributed by atoms with Crippen LogP contribution in [0, 0.1) is 0 Å². The SMILES string of the molecule is CC(OCc1ccccc1Br)/C(N)=N/O. The molecule has 1 aromatic carbocycles. The van der Waals surface area contributed by atoms with E-state index in [1.807, 2.05) is 24.3 Å². The summed E-state index contributed by atoms with van der Waals surface area (Å²) in [6.45, 7) is 2.14. The quantitative estimate of drug-likeness (QED) is 0.382. The van der Waals surface area contributed by atoms with Gasteiger partial charge in [0.15, 0.2) is 5.84 Å². The number of ether oxygens (including phenoxy) is 1. The van der Waals surface area contributed by atoms with Gasteiger partial charge >= 0.3 is 0 Å². The van der Waals surface area contributed by atoms with E-state index >= 15 is 0 Å². The van der Waals surface area contributed by atoms with Gasteiger partial charge in [-0.25, -0.2) is 0 Å². The van der Waals surface area contributed by atoms with Crippen LogP contribution in [0.15, 0.2) is 33.9 Å². The molecule has 0 aromatic heterocycles. The van der Waals surface area contributed by atoms with E-state index in [-0.39, 0.29) is 5.84 Å². The topological polar surface area (TPSA) is 67.8 Å². The smallest absolute Gasteiger partial charge is 0.168 e. The summed E-state index contributed by atoms with van der Waals surface area (Å²) in [4.78, 5) is 0. The van der Waals surface area contributed by atoms with Crippen molar-refractivity contribution in [3.05, 3.63) is 34.3 Å². The van der Waals surface area contributed by atoms with E-state index in [0.717, 1.165) is 10.0 Å². The first kappa shape index (κ1) is 12.0. The zero-order valence-electron chi connectivity index (χ0n) is 8.35. The van der Waals surface area contributed by atoms with E-state index in [2.05, 4.69) is 21.1 Å². The van der Waals surface area contributed by atoms with Crippen LogP contribution in [-0.2, 0) is 11.3 Å². The molecule has 0 aliphatic carbocycles. The Bertz CT molecular complexity index is 355. The minimum absolute atomic E-state index is 0.0713. The molecule has 82 valence electrons. The van der Waals surface area contributed by atoms with Crippen LogP contribution in [-0.4, -0.2) is 17.1 Å². The van der Waals surface area contributed by atoms with Crippen LogP contribution in [0.1, 0.15) is 12.5 Å². The van der Waals surface area contributed by atoms with Crippen molar-refractivity contribution in [3.8, 4) is 0 Å². The average molecular weight is 273 g/mol. The maximum atomic E-state index is 8.43. The third-order valence-electron chi connectivity index (χ3n) is 1.98. The molecule has 0 amide bonds. The number of nitrogens with two attached hydrogens (primary N) is 1. The normalized spacial score (nSPS) is 13.9. The minimum Gasteiger partial charge on any atom is -0.409 e. The van der Waals surface area contributed by atoms with Gasteiger partial charge in [0, 0.05) is 4.47 Å². The van der Waals surface area contributed by atoms with E-state index in [9.17, 15) is 0 Å². The lowest BCUT2D eigenvalue weighted by Gasteiger charge is -2.11. The maximum absolute atomic E-state index is 8.43. The van der Waals surface area contributed by atoms with Crippen molar-refractivity contribution in [1.29, 1.82) is 0 Å². The van der Waals surface area contributed by atoms with Crippen molar-refractivity contribution in [2.45, 2.75) is 19.6 Å². The molecule has 1 unspecified atom stereocenters. The van der Waals surface area contributed by atoms with Gasteiger partial charge in [0.1, 0.15) is 6.10 Å². The van der Waals surface area contributed by atoms with E-state index in [4.69, 9.17) is 15.7 Å². The molecule has 5 heteroatoms. The molecule has 15 heavy (non-hydrogen) atoms. The lowest BCUT2D eigenvalue weighted by Crippen LogP contribution is -2.28. The number of hydrogen-bond acceptors (Lipinski definition) is 3. The van der Waals surface area contributed by atoms with Gasteiger partial charge in [0.25, 0.3) is 0 Å². The van der Waals surface area contributed by atoms with Crippen LogP contribution >= 0.6 is 15.9 Å². The first-order valence-corrected chi connectivity index (χ1v) is 5.27. The van der Waals surface area contributed by atoms with Crippen LogP contribution in [0.4, 0.5) is 0 Å². The second-order valence-corrected chi connectivity index (χ2v) is 3.92. The van der Waals surface area contributed by atoms with Gasteiger partial charge in [0.05, 0.1) is 6.61 Å². The summed E-state index contributed by atoms with van der Waals surface area (Å²) in [6.07, 6.45) is -0.401. The maximum Gasteiger partial charge on any atom is 0.168 e. The summed E-state index contributed by atoms with van der Waals surface area (Å²) in [5, 5.41) is 11.3. The number of nitrogens with zero attached hydrogens (tertiary/aromatic N) is 1. The predicted molar refractivity (Wildman–Crippen MR) is 61.8 cm³/mol. The first-order valence-electron chi connectivity index (χ1n) is 4.47. The number of halogens is 1. The molecule has 0 heterocycles. The average Bonchev–Trinajstić information content (AvgIpc) is 2.26. The molecule has 1 rings (SSSR count). The van der Waals surface area contributed by atoms with Crippen molar-refractivity contribution >= 4 is 21.8 Å². The van der Waals surface area contributed by atoms with Crippen LogP contribution in [0.3, 0.4) is 0 Å². The zero-order chi connectivity index (χ0) is 11.3. The van der Waals surface area contributed by atoms with Crippen LogP contribution in [0.25, 0.3) is 0 Å². The molecule has 1 aromatic rings. The molecule has 0 spiro atoms. The Balaban J connectivity index is 2.54. The third-order valence-corrected chi connectivity index (χ3v) is 2.75. The molecule has 0 aliphatic heterocycles. The van der Waals surface area contributed by atoms with Gasteiger partial charge in [-0.05, 0) is 18.6 Å².